The second kappa shape index (κ2) is 10.6. The zero-order chi connectivity index (χ0) is 24.2. The first kappa shape index (κ1) is 24.3. The molecule has 0 unspecified atom stereocenters. The quantitative estimate of drug-likeness (QED) is 0.261. The predicted octanol–water partition coefficient (Wildman–Crippen LogP) is 5.10. The first-order valence-electron chi connectivity index (χ1n) is 10.6. The summed E-state index contributed by atoms with van der Waals surface area (Å²) < 4.78 is 18.0. The molecule has 176 valence electrons. The molecular formula is C24H23IN4O4S. The van der Waals surface area contributed by atoms with E-state index in [1.807, 2.05) is 44.2 Å². The number of halogens is 1. The lowest BCUT2D eigenvalue weighted by atomic mass is 10.1. The molecule has 0 saturated carbocycles. The lowest BCUT2D eigenvalue weighted by Gasteiger charge is -2.20. The third kappa shape index (κ3) is 5.27. The smallest absolute Gasteiger partial charge is 0.283 e. The minimum absolute atomic E-state index is 0.00792. The van der Waals surface area contributed by atoms with E-state index in [0.29, 0.717) is 41.9 Å². The van der Waals surface area contributed by atoms with Gasteiger partial charge in [0.25, 0.3) is 5.91 Å². The molecule has 4 rings (SSSR count). The normalized spacial score (nSPS) is 16.4. The van der Waals surface area contributed by atoms with Crippen LogP contribution in [0.5, 0.6) is 17.2 Å². The number of hydrogen-bond donors (Lipinski definition) is 1. The SMILES string of the molecule is CCC1=NN2C(=N)/C(=C\c3cc(I)c(OCCOc4cccc(C)c4)c(OC)c3)C(=O)N=C2S1. The Labute approximate surface area is 215 Å². The fourth-order valence-electron chi connectivity index (χ4n) is 3.31. The second-order valence-electron chi connectivity index (χ2n) is 7.41. The average molecular weight is 590 g/mol. The average Bonchev–Trinajstić information content (AvgIpc) is 3.23. The van der Waals surface area contributed by atoms with E-state index in [9.17, 15) is 4.79 Å². The molecule has 0 atom stereocenters. The molecule has 2 aromatic rings. The first-order valence-corrected chi connectivity index (χ1v) is 12.5. The van der Waals surface area contributed by atoms with Crippen molar-refractivity contribution >= 4 is 62.4 Å². The van der Waals surface area contributed by atoms with E-state index in [-0.39, 0.29) is 11.4 Å². The van der Waals surface area contributed by atoms with E-state index < -0.39 is 5.91 Å². The minimum atomic E-state index is -0.459. The Morgan fingerprint density at radius 3 is 2.74 bits per heavy atom. The molecule has 0 aliphatic carbocycles. The summed E-state index contributed by atoms with van der Waals surface area (Å²) in [5.41, 5.74) is 2.00. The number of aliphatic imine (C=N–C) groups is 1. The molecule has 2 aliphatic heterocycles. The van der Waals surface area contributed by atoms with Gasteiger partial charge in [0.2, 0.25) is 5.17 Å². The Hall–Kier alpha value is -2.86. The highest BCUT2D eigenvalue weighted by atomic mass is 127. The molecule has 1 N–H and O–H groups in total. The number of hydrogen-bond acceptors (Lipinski definition) is 7. The number of fused-ring (bicyclic) bond motifs is 1. The molecule has 10 heteroatoms. The predicted molar refractivity (Wildman–Crippen MR) is 143 cm³/mol. The highest BCUT2D eigenvalue weighted by molar-refractivity contribution is 14.1. The van der Waals surface area contributed by atoms with Gasteiger partial charge in [-0.1, -0.05) is 19.1 Å². The maximum Gasteiger partial charge on any atom is 0.283 e. The molecule has 0 fully saturated rings. The summed E-state index contributed by atoms with van der Waals surface area (Å²) in [6.07, 6.45) is 2.35. The topological polar surface area (TPSA) is 96.6 Å². The van der Waals surface area contributed by atoms with E-state index >= 15 is 0 Å². The van der Waals surface area contributed by atoms with E-state index in [2.05, 4.69) is 32.7 Å². The Morgan fingerprint density at radius 1 is 1.21 bits per heavy atom. The van der Waals surface area contributed by atoms with Gasteiger partial charge in [-0.3, -0.25) is 10.2 Å². The van der Waals surface area contributed by atoms with Gasteiger partial charge in [-0.15, -0.1) is 0 Å². The summed E-state index contributed by atoms with van der Waals surface area (Å²) >= 11 is 3.48. The summed E-state index contributed by atoms with van der Waals surface area (Å²) in [6, 6.07) is 11.5. The molecule has 0 radical (unpaired) electrons. The van der Waals surface area contributed by atoms with Crippen LogP contribution in [0, 0.1) is 15.9 Å². The van der Waals surface area contributed by atoms with Gasteiger partial charge in [-0.05, 0) is 89.2 Å². The summed E-state index contributed by atoms with van der Waals surface area (Å²) in [7, 11) is 1.56. The number of rotatable bonds is 8. The van der Waals surface area contributed by atoms with Crippen molar-refractivity contribution in [2.45, 2.75) is 20.3 Å². The van der Waals surface area contributed by atoms with Crippen molar-refractivity contribution in [3.8, 4) is 17.2 Å². The number of benzene rings is 2. The number of methoxy groups -OCH3 is 1. The van der Waals surface area contributed by atoms with Crippen LogP contribution in [-0.2, 0) is 4.79 Å². The van der Waals surface area contributed by atoms with Gasteiger partial charge in [-0.2, -0.15) is 15.1 Å². The van der Waals surface area contributed by atoms with Crippen LogP contribution in [0.1, 0.15) is 24.5 Å². The first-order chi connectivity index (χ1) is 16.4. The van der Waals surface area contributed by atoms with E-state index in [1.54, 1.807) is 19.3 Å². The molecule has 0 spiro atoms. The molecule has 0 aromatic heterocycles. The van der Waals surface area contributed by atoms with E-state index in [1.165, 1.54) is 16.8 Å². The maximum absolute atomic E-state index is 12.6. The van der Waals surface area contributed by atoms with Crippen molar-refractivity contribution in [1.29, 1.82) is 5.41 Å². The summed E-state index contributed by atoms with van der Waals surface area (Å²) in [5.74, 6) is 1.46. The zero-order valence-corrected chi connectivity index (χ0v) is 21.9. The van der Waals surface area contributed by atoms with Crippen LogP contribution in [-0.4, -0.2) is 47.3 Å². The van der Waals surface area contributed by atoms with Crippen LogP contribution in [0.25, 0.3) is 6.08 Å². The third-order valence-corrected chi connectivity index (χ3v) is 6.80. The number of nitrogens with zero attached hydrogens (tertiary/aromatic N) is 3. The third-order valence-electron chi connectivity index (χ3n) is 4.95. The van der Waals surface area contributed by atoms with Gasteiger partial charge in [0.05, 0.1) is 16.3 Å². The van der Waals surface area contributed by atoms with Crippen molar-refractivity contribution < 1.29 is 19.0 Å². The highest BCUT2D eigenvalue weighted by Crippen LogP contribution is 2.35. The van der Waals surface area contributed by atoms with Gasteiger partial charge < -0.3 is 14.2 Å². The number of amides is 1. The molecule has 2 heterocycles. The maximum atomic E-state index is 12.6. The number of aryl methyl sites for hydroxylation is 1. The second-order valence-corrected chi connectivity index (χ2v) is 9.62. The van der Waals surface area contributed by atoms with Crippen LogP contribution in [0.2, 0.25) is 0 Å². The molecule has 2 aliphatic rings. The van der Waals surface area contributed by atoms with Gasteiger partial charge in [0, 0.05) is 0 Å². The van der Waals surface area contributed by atoms with Crippen LogP contribution < -0.4 is 14.2 Å². The number of thioether (sulfide) groups is 1. The summed E-state index contributed by atoms with van der Waals surface area (Å²) in [4.78, 5) is 16.7. The fraction of sp³-hybridized carbons (Fsp3) is 0.250. The zero-order valence-electron chi connectivity index (χ0n) is 18.9. The lowest BCUT2D eigenvalue weighted by Crippen LogP contribution is -2.35. The number of carbonyl (C=O) groups is 1. The Kier molecular flexibility index (Phi) is 7.57. The monoisotopic (exact) mass is 590 g/mol. The van der Waals surface area contributed by atoms with Crippen LogP contribution in [0.4, 0.5) is 0 Å². The van der Waals surface area contributed by atoms with Gasteiger partial charge in [0.15, 0.2) is 17.3 Å². The number of ether oxygens (including phenoxy) is 3. The molecule has 8 nitrogen and oxygen atoms in total. The Bertz CT molecular complexity index is 1240. The van der Waals surface area contributed by atoms with Crippen molar-refractivity contribution in [3.05, 3.63) is 56.7 Å². The molecule has 2 aromatic carbocycles. The largest absolute Gasteiger partial charge is 0.493 e. The van der Waals surface area contributed by atoms with E-state index in [4.69, 9.17) is 19.6 Å². The molecule has 1 amide bonds. The molecular weight excluding hydrogens is 567 g/mol. The standard InChI is InChI=1S/C24H23IN4O4S/c1-4-20-28-29-22(26)17(23(30)27-24(29)34-20)11-15-12-18(25)21(19(13-15)31-3)33-9-8-32-16-7-5-6-14(2)10-16/h5-7,10-13,26H,4,8-9H2,1-3H3/b17-11+,26-22?. The minimum Gasteiger partial charge on any atom is -0.493 e. The number of carbonyl (C=O) groups excluding carboxylic acids is 1. The van der Waals surface area contributed by atoms with Crippen LogP contribution >= 0.6 is 34.4 Å². The summed E-state index contributed by atoms with van der Waals surface area (Å²) in [5, 5.41) is 15.5. The molecule has 0 saturated heterocycles. The highest BCUT2D eigenvalue weighted by Gasteiger charge is 2.35. The number of amidine groups is 2. The number of hydrazone groups is 1. The molecule has 34 heavy (non-hydrogen) atoms. The van der Waals surface area contributed by atoms with Crippen LogP contribution in [0.15, 0.2) is 52.1 Å². The van der Waals surface area contributed by atoms with Crippen molar-refractivity contribution in [1.82, 2.24) is 5.01 Å². The van der Waals surface area contributed by atoms with Gasteiger partial charge >= 0.3 is 0 Å². The van der Waals surface area contributed by atoms with Gasteiger partial charge in [-0.25, -0.2) is 0 Å². The van der Waals surface area contributed by atoms with Crippen molar-refractivity contribution in [3.63, 3.8) is 0 Å². The Balaban J connectivity index is 1.49. The number of nitrogens with one attached hydrogen (secondary N) is 1. The molecule has 0 bridgehead atoms. The lowest BCUT2D eigenvalue weighted by molar-refractivity contribution is -0.114. The van der Waals surface area contributed by atoms with Crippen molar-refractivity contribution in [2.75, 3.05) is 20.3 Å². The summed E-state index contributed by atoms with van der Waals surface area (Å²) in [6.45, 7) is 4.71. The van der Waals surface area contributed by atoms with E-state index in [0.717, 1.165) is 19.9 Å². The van der Waals surface area contributed by atoms with Crippen LogP contribution in [0.3, 0.4) is 0 Å². The fourth-order valence-corrected chi connectivity index (χ4v) is 4.92. The van der Waals surface area contributed by atoms with Gasteiger partial charge in [0.1, 0.15) is 24.0 Å². The Morgan fingerprint density at radius 2 is 2.00 bits per heavy atom. The van der Waals surface area contributed by atoms with Crippen molar-refractivity contribution in [2.24, 2.45) is 10.1 Å².